The van der Waals surface area contributed by atoms with Gasteiger partial charge >= 0.3 is 11.9 Å². The summed E-state index contributed by atoms with van der Waals surface area (Å²) in [4.78, 5) is 23.1. The molecule has 1 saturated heterocycles. The Morgan fingerprint density at radius 3 is 1.74 bits per heavy atom. The summed E-state index contributed by atoms with van der Waals surface area (Å²) in [6, 6.07) is 7.50. The van der Waals surface area contributed by atoms with Crippen LogP contribution in [0, 0.1) is 0 Å². The van der Waals surface area contributed by atoms with E-state index < -0.39 is 0 Å². The summed E-state index contributed by atoms with van der Waals surface area (Å²) in [5.41, 5.74) is 1.82. The van der Waals surface area contributed by atoms with Crippen LogP contribution in [0.3, 0.4) is 0 Å². The van der Waals surface area contributed by atoms with E-state index in [0.29, 0.717) is 24.3 Å². The van der Waals surface area contributed by atoms with Crippen molar-refractivity contribution < 1.29 is 23.8 Å². The van der Waals surface area contributed by atoms with Crippen molar-refractivity contribution in [1.29, 1.82) is 0 Å². The number of benzene rings is 2. The molecular weight excluding hydrogens is 296 g/mol. The molecule has 0 saturated carbocycles. The van der Waals surface area contributed by atoms with Crippen LogP contribution in [-0.4, -0.2) is 24.1 Å². The van der Waals surface area contributed by atoms with Gasteiger partial charge in [-0.1, -0.05) is 24.3 Å². The Bertz CT molecular complexity index is 770. The van der Waals surface area contributed by atoms with Crippen LogP contribution >= 0.6 is 0 Å². The molecule has 0 N–H and O–H groups in total. The minimum absolute atomic E-state index is 0.170. The lowest BCUT2D eigenvalue weighted by Crippen LogP contribution is -2.18. The predicted molar refractivity (Wildman–Crippen MR) is 82.6 cm³/mol. The molecule has 0 spiro atoms. The van der Waals surface area contributed by atoms with Gasteiger partial charge in [0, 0.05) is 48.6 Å². The average Bonchev–Trinajstić information content (AvgIpc) is 3.26. The zero-order valence-corrected chi connectivity index (χ0v) is 12.9. The maximum absolute atomic E-state index is 11.6. The van der Waals surface area contributed by atoms with E-state index in [1.807, 2.05) is 24.3 Å². The fourth-order valence-corrected chi connectivity index (χ4v) is 3.37. The third-order valence-corrected chi connectivity index (χ3v) is 4.32. The Hall–Kier alpha value is -2.40. The van der Waals surface area contributed by atoms with Crippen LogP contribution in [0.1, 0.15) is 25.0 Å². The number of ether oxygens (including phenoxy) is 3. The fourth-order valence-electron chi connectivity index (χ4n) is 3.37. The molecule has 1 fully saturated rings. The molecular formula is C18H16O5. The minimum Gasteiger partial charge on any atom is -0.426 e. The number of carbonyl (C=O) groups is 2. The third kappa shape index (κ3) is 2.37. The largest absolute Gasteiger partial charge is 0.426 e. The summed E-state index contributed by atoms with van der Waals surface area (Å²) in [5.74, 6) is 0.397. The Morgan fingerprint density at radius 1 is 0.913 bits per heavy atom. The fraction of sp³-hybridized carbons (Fsp3) is 0.333. The van der Waals surface area contributed by atoms with Crippen molar-refractivity contribution in [3.05, 3.63) is 35.4 Å². The molecule has 1 aliphatic carbocycles. The van der Waals surface area contributed by atoms with Crippen LogP contribution in [0.15, 0.2) is 24.3 Å². The minimum atomic E-state index is -0.364. The zero-order valence-electron chi connectivity index (χ0n) is 12.9. The van der Waals surface area contributed by atoms with E-state index >= 15 is 0 Å². The predicted octanol–water partition coefficient (Wildman–Crippen LogP) is 2.56. The van der Waals surface area contributed by atoms with Crippen LogP contribution in [0.2, 0.25) is 0 Å². The van der Waals surface area contributed by atoms with Crippen LogP contribution in [-0.2, 0) is 27.2 Å². The first-order chi connectivity index (χ1) is 11.0. The smallest absolute Gasteiger partial charge is 0.308 e. The van der Waals surface area contributed by atoms with Crippen LogP contribution in [0.4, 0.5) is 0 Å². The maximum atomic E-state index is 11.6. The quantitative estimate of drug-likeness (QED) is 0.484. The summed E-state index contributed by atoms with van der Waals surface area (Å²) < 4.78 is 16.7. The van der Waals surface area contributed by atoms with Crippen molar-refractivity contribution in [2.45, 2.75) is 38.9 Å². The Labute approximate surface area is 133 Å². The monoisotopic (exact) mass is 312 g/mol. The van der Waals surface area contributed by atoms with Gasteiger partial charge in [0.15, 0.2) is 0 Å². The average molecular weight is 312 g/mol. The van der Waals surface area contributed by atoms with E-state index in [9.17, 15) is 9.59 Å². The van der Waals surface area contributed by atoms with Gasteiger partial charge in [0.25, 0.3) is 0 Å². The lowest BCUT2D eigenvalue weighted by Gasteiger charge is -2.22. The Kier molecular flexibility index (Phi) is 3.13. The second-order valence-corrected chi connectivity index (χ2v) is 5.97. The molecule has 2 aromatic rings. The van der Waals surface area contributed by atoms with Crippen LogP contribution < -0.4 is 9.47 Å². The van der Waals surface area contributed by atoms with Gasteiger partial charge in [-0.2, -0.15) is 0 Å². The first-order valence-corrected chi connectivity index (χ1v) is 7.63. The van der Waals surface area contributed by atoms with E-state index in [0.717, 1.165) is 21.9 Å². The van der Waals surface area contributed by atoms with Gasteiger partial charge in [0.2, 0.25) is 0 Å². The normalized spacial score (nSPS) is 21.3. The lowest BCUT2D eigenvalue weighted by atomic mass is 9.87. The highest BCUT2D eigenvalue weighted by atomic mass is 16.6. The maximum Gasteiger partial charge on any atom is 0.308 e. The molecule has 2 aliphatic rings. The number of carbonyl (C=O) groups excluding carboxylic acids is 2. The number of rotatable bonds is 2. The van der Waals surface area contributed by atoms with E-state index in [4.69, 9.17) is 14.2 Å². The van der Waals surface area contributed by atoms with Crippen molar-refractivity contribution in [3.63, 3.8) is 0 Å². The van der Waals surface area contributed by atoms with Gasteiger partial charge in [-0.3, -0.25) is 9.59 Å². The van der Waals surface area contributed by atoms with Crippen molar-refractivity contribution in [2.75, 3.05) is 0 Å². The van der Waals surface area contributed by atoms with E-state index in [2.05, 4.69) is 0 Å². The second kappa shape index (κ2) is 5.06. The zero-order chi connectivity index (χ0) is 16.1. The molecule has 1 aliphatic heterocycles. The number of epoxide rings is 1. The van der Waals surface area contributed by atoms with Gasteiger partial charge in [0.05, 0.1) is 12.2 Å². The summed E-state index contributed by atoms with van der Waals surface area (Å²) in [6.45, 7) is 2.78. The highest BCUT2D eigenvalue weighted by molar-refractivity contribution is 5.98. The number of fused-ring (bicyclic) bond motifs is 3. The SMILES string of the molecule is CC(=O)Oc1c2c(c(OC(C)=O)c3ccccc13)CC1OC1C2. The molecule has 5 heteroatoms. The molecule has 2 unspecified atom stereocenters. The molecule has 0 aromatic heterocycles. The summed E-state index contributed by atoms with van der Waals surface area (Å²) in [6.07, 6.45) is 1.68. The Morgan fingerprint density at radius 2 is 1.35 bits per heavy atom. The van der Waals surface area contributed by atoms with Crippen LogP contribution in [0.5, 0.6) is 11.5 Å². The summed E-state index contributed by atoms with van der Waals surface area (Å²) >= 11 is 0. The van der Waals surface area contributed by atoms with Gasteiger partial charge in [0.1, 0.15) is 11.5 Å². The van der Waals surface area contributed by atoms with E-state index in [1.165, 1.54) is 13.8 Å². The van der Waals surface area contributed by atoms with Crippen LogP contribution in [0.25, 0.3) is 10.8 Å². The summed E-state index contributed by atoms with van der Waals surface area (Å²) in [7, 11) is 0. The van der Waals surface area contributed by atoms with Gasteiger partial charge in [-0.15, -0.1) is 0 Å². The third-order valence-electron chi connectivity index (χ3n) is 4.32. The molecule has 0 bridgehead atoms. The molecule has 2 aromatic carbocycles. The first-order valence-electron chi connectivity index (χ1n) is 7.63. The molecule has 118 valence electrons. The molecule has 0 radical (unpaired) electrons. The molecule has 4 rings (SSSR count). The summed E-state index contributed by atoms with van der Waals surface area (Å²) in [5, 5.41) is 1.55. The highest BCUT2D eigenvalue weighted by Crippen LogP contribution is 2.48. The number of hydrogen-bond donors (Lipinski definition) is 0. The Balaban J connectivity index is 2.02. The van der Waals surface area contributed by atoms with Gasteiger partial charge in [-0.25, -0.2) is 0 Å². The standard InChI is InChI=1S/C18H16O5/c1-9(19)21-17-11-5-3-4-6-12(11)18(22-10(2)20)14-8-16-15(23-16)7-13(14)17/h3-6,15-16H,7-8H2,1-2H3. The van der Waals surface area contributed by atoms with E-state index in [-0.39, 0.29) is 24.1 Å². The van der Waals surface area contributed by atoms with Gasteiger partial charge < -0.3 is 14.2 Å². The molecule has 0 amide bonds. The molecule has 2 atom stereocenters. The lowest BCUT2D eigenvalue weighted by molar-refractivity contribution is -0.133. The van der Waals surface area contributed by atoms with Gasteiger partial charge in [-0.05, 0) is 0 Å². The van der Waals surface area contributed by atoms with E-state index in [1.54, 1.807) is 0 Å². The first kappa shape index (κ1) is 14.2. The topological polar surface area (TPSA) is 65.1 Å². The molecule has 23 heavy (non-hydrogen) atoms. The van der Waals surface area contributed by atoms with Crippen molar-refractivity contribution >= 4 is 22.7 Å². The number of hydrogen-bond acceptors (Lipinski definition) is 5. The van der Waals surface area contributed by atoms with Crippen molar-refractivity contribution in [3.8, 4) is 11.5 Å². The number of esters is 2. The molecule has 5 nitrogen and oxygen atoms in total. The highest BCUT2D eigenvalue weighted by Gasteiger charge is 2.45. The molecule has 1 heterocycles. The second-order valence-electron chi connectivity index (χ2n) is 5.97. The van der Waals surface area contributed by atoms with Crippen molar-refractivity contribution in [1.82, 2.24) is 0 Å². The van der Waals surface area contributed by atoms with Crippen molar-refractivity contribution in [2.24, 2.45) is 0 Å².